The van der Waals surface area contributed by atoms with Gasteiger partial charge in [0.25, 0.3) is 0 Å². The van der Waals surface area contributed by atoms with Crippen molar-refractivity contribution in [1.29, 1.82) is 0 Å². The van der Waals surface area contributed by atoms with Gasteiger partial charge in [0.05, 0.1) is 17.7 Å². The van der Waals surface area contributed by atoms with Crippen molar-refractivity contribution in [3.05, 3.63) is 34.6 Å². The van der Waals surface area contributed by atoms with Crippen LogP contribution in [0.1, 0.15) is 18.9 Å². The molecule has 1 aromatic rings. The van der Waals surface area contributed by atoms with Crippen LogP contribution in [0.15, 0.2) is 18.2 Å². The minimum atomic E-state index is -0.388. The molecule has 0 spiro atoms. The van der Waals surface area contributed by atoms with E-state index in [9.17, 15) is 4.39 Å². The summed E-state index contributed by atoms with van der Waals surface area (Å²) in [6.07, 6.45) is 1.82. The first-order chi connectivity index (χ1) is 8.61. The Balaban J connectivity index is 2.08. The van der Waals surface area contributed by atoms with Gasteiger partial charge in [-0.05, 0) is 31.4 Å². The van der Waals surface area contributed by atoms with Gasteiger partial charge in [-0.2, -0.15) is 0 Å². The maximum Gasteiger partial charge on any atom is 0.142 e. The fraction of sp³-hybridized carbons (Fsp3) is 0.538. The lowest BCUT2D eigenvalue weighted by atomic mass is 9.92. The van der Waals surface area contributed by atoms with Gasteiger partial charge in [0.15, 0.2) is 0 Å². The van der Waals surface area contributed by atoms with Crippen LogP contribution in [0, 0.1) is 11.7 Å². The first-order valence-corrected chi connectivity index (χ1v) is 6.50. The van der Waals surface area contributed by atoms with Crippen LogP contribution in [0.4, 0.5) is 4.39 Å². The monoisotopic (exact) mass is 272 g/mol. The van der Waals surface area contributed by atoms with Crippen molar-refractivity contribution < 1.29 is 9.13 Å². The SMILES string of the molecule is CC1CC(C(Cc2cccc(F)c2Cl)NN)CO1. The van der Waals surface area contributed by atoms with Gasteiger partial charge in [0.2, 0.25) is 0 Å². The van der Waals surface area contributed by atoms with Gasteiger partial charge >= 0.3 is 0 Å². The molecule has 3 unspecified atom stereocenters. The van der Waals surface area contributed by atoms with Crippen molar-refractivity contribution in [3.8, 4) is 0 Å². The second-order valence-electron chi connectivity index (χ2n) is 4.83. The molecule has 1 aromatic carbocycles. The number of halogens is 2. The molecule has 1 heterocycles. The predicted octanol–water partition coefficient (Wildman–Crippen LogP) is 2.28. The molecule has 1 aliphatic rings. The Morgan fingerprint density at radius 3 is 3.00 bits per heavy atom. The van der Waals surface area contributed by atoms with Crippen LogP contribution in [0.25, 0.3) is 0 Å². The van der Waals surface area contributed by atoms with Gasteiger partial charge in [-0.3, -0.25) is 11.3 Å². The van der Waals surface area contributed by atoms with E-state index in [4.69, 9.17) is 22.2 Å². The summed E-state index contributed by atoms with van der Waals surface area (Å²) in [5, 5.41) is 0.185. The minimum Gasteiger partial charge on any atom is -0.378 e. The minimum absolute atomic E-state index is 0.0502. The van der Waals surface area contributed by atoms with Gasteiger partial charge < -0.3 is 4.74 Å². The molecule has 2 rings (SSSR count). The Bertz CT molecular complexity index is 416. The van der Waals surface area contributed by atoms with Crippen molar-refractivity contribution in [1.82, 2.24) is 5.43 Å². The van der Waals surface area contributed by atoms with Crippen molar-refractivity contribution in [2.75, 3.05) is 6.61 Å². The van der Waals surface area contributed by atoms with Crippen LogP contribution in [-0.2, 0) is 11.2 Å². The maximum atomic E-state index is 13.4. The maximum absolute atomic E-state index is 13.4. The van der Waals surface area contributed by atoms with Crippen molar-refractivity contribution in [3.63, 3.8) is 0 Å². The highest BCUT2D eigenvalue weighted by Crippen LogP contribution is 2.27. The standard InChI is InChI=1S/C13H18ClFN2O/c1-8-5-10(7-18-8)12(17-16)6-9-3-2-4-11(15)13(9)14/h2-4,8,10,12,17H,5-7,16H2,1H3. The molecule has 0 aliphatic carbocycles. The highest BCUT2D eigenvalue weighted by atomic mass is 35.5. The van der Waals surface area contributed by atoms with Gasteiger partial charge in [-0.15, -0.1) is 0 Å². The average Bonchev–Trinajstić information content (AvgIpc) is 2.78. The smallest absolute Gasteiger partial charge is 0.142 e. The van der Waals surface area contributed by atoms with Gasteiger partial charge in [-0.25, -0.2) is 4.39 Å². The number of rotatable bonds is 4. The molecule has 3 atom stereocenters. The fourth-order valence-corrected chi connectivity index (χ4v) is 2.64. The van der Waals surface area contributed by atoms with E-state index in [1.54, 1.807) is 6.07 Å². The highest BCUT2D eigenvalue weighted by molar-refractivity contribution is 6.31. The van der Waals surface area contributed by atoms with Crippen LogP contribution in [-0.4, -0.2) is 18.8 Å². The summed E-state index contributed by atoms with van der Waals surface area (Å²) in [5.41, 5.74) is 3.58. The molecule has 5 heteroatoms. The summed E-state index contributed by atoms with van der Waals surface area (Å²) in [6, 6.07) is 4.90. The topological polar surface area (TPSA) is 47.3 Å². The average molecular weight is 273 g/mol. The molecular formula is C13H18ClFN2O. The summed E-state index contributed by atoms with van der Waals surface area (Å²) < 4.78 is 18.9. The predicted molar refractivity (Wildman–Crippen MR) is 69.7 cm³/mol. The number of hydrogen-bond acceptors (Lipinski definition) is 3. The largest absolute Gasteiger partial charge is 0.378 e. The molecule has 0 saturated carbocycles. The van der Waals surface area contributed by atoms with E-state index in [1.807, 2.05) is 13.0 Å². The summed E-state index contributed by atoms with van der Waals surface area (Å²) >= 11 is 5.95. The van der Waals surface area contributed by atoms with Crippen LogP contribution >= 0.6 is 11.6 Å². The van der Waals surface area contributed by atoms with Crippen molar-refractivity contribution >= 4 is 11.6 Å². The number of hydrogen-bond donors (Lipinski definition) is 2. The Labute approximate surface area is 111 Å². The Morgan fingerprint density at radius 1 is 1.61 bits per heavy atom. The zero-order valence-corrected chi connectivity index (χ0v) is 11.1. The van der Waals surface area contributed by atoms with E-state index < -0.39 is 0 Å². The normalized spacial score (nSPS) is 25.3. The summed E-state index contributed by atoms with van der Waals surface area (Å²) in [5.74, 6) is 5.54. The second-order valence-corrected chi connectivity index (χ2v) is 5.21. The molecule has 1 aliphatic heterocycles. The number of nitrogens with two attached hydrogens (primary N) is 1. The van der Waals surface area contributed by atoms with E-state index >= 15 is 0 Å². The number of nitrogens with one attached hydrogen (secondary N) is 1. The van der Waals surface area contributed by atoms with Crippen molar-refractivity contribution in [2.24, 2.45) is 11.8 Å². The first-order valence-electron chi connectivity index (χ1n) is 6.12. The second kappa shape index (κ2) is 5.97. The molecule has 3 N–H and O–H groups in total. The van der Waals surface area contributed by atoms with E-state index in [0.717, 1.165) is 12.0 Å². The van der Waals surface area contributed by atoms with E-state index in [0.29, 0.717) is 18.9 Å². The Kier molecular flexibility index (Phi) is 4.56. The lowest BCUT2D eigenvalue weighted by Crippen LogP contribution is -2.42. The molecule has 1 saturated heterocycles. The van der Waals surface area contributed by atoms with Gasteiger partial charge in [-0.1, -0.05) is 23.7 Å². The Hall–Kier alpha value is -0.680. The molecule has 0 radical (unpaired) electrons. The van der Waals surface area contributed by atoms with Crippen LogP contribution in [0.2, 0.25) is 5.02 Å². The molecule has 0 amide bonds. The van der Waals surface area contributed by atoms with Crippen molar-refractivity contribution in [2.45, 2.75) is 31.9 Å². The van der Waals surface area contributed by atoms with Crippen LogP contribution in [0.3, 0.4) is 0 Å². The third-order valence-corrected chi connectivity index (χ3v) is 3.91. The number of benzene rings is 1. The summed E-state index contributed by atoms with van der Waals surface area (Å²) in [6.45, 7) is 2.73. The van der Waals surface area contributed by atoms with Crippen LogP contribution in [0.5, 0.6) is 0 Å². The van der Waals surface area contributed by atoms with Gasteiger partial charge in [0.1, 0.15) is 5.82 Å². The third kappa shape index (κ3) is 3.01. The summed E-state index contributed by atoms with van der Waals surface area (Å²) in [4.78, 5) is 0. The summed E-state index contributed by atoms with van der Waals surface area (Å²) in [7, 11) is 0. The van der Waals surface area contributed by atoms with Gasteiger partial charge in [0, 0.05) is 12.0 Å². The molecule has 100 valence electrons. The lowest BCUT2D eigenvalue weighted by Gasteiger charge is -2.22. The molecule has 3 nitrogen and oxygen atoms in total. The zero-order valence-electron chi connectivity index (χ0n) is 10.3. The Morgan fingerprint density at radius 2 is 2.39 bits per heavy atom. The first kappa shape index (κ1) is 13.7. The van der Waals surface area contributed by atoms with E-state index in [2.05, 4.69) is 5.43 Å². The van der Waals surface area contributed by atoms with Crippen LogP contribution < -0.4 is 11.3 Å². The zero-order chi connectivity index (χ0) is 13.1. The van der Waals surface area contributed by atoms with E-state index in [1.165, 1.54) is 6.07 Å². The molecule has 0 aromatic heterocycles. The fourth-order valence-electron chi connectivity index (χ4n) is 2.44. The highest BCUT2D eigenvalue weighted by Gasteiger charge is 2.29. The van der Waals surface area contributed by atoms with E-state index in [-0.39, 0.29) is 23.0 Å². The number of ether oxygens (including phenoxy) is 1. The lowest BCUT2D eigenvalue weighted by molar-refractivity contribution is 0.117. The molecule has 1 fully saturated rings. The molecule has 0 bridgehead atoms. The third-order valence-electron chi connectivity index (χ3n) is 3.48. The number of hydrazine groups is 1. The molecule has 18 heavy (non-hydrogen) atoms. The quantitative estimate of drug-likeness (QED) is 0.653. The molecular weight excluding hydrogens is 255 g/mol.